The topological polar surface area (TPSA) is 109 Å². The molecule has 0 aliphatic heterocycles. The van der Waals surface area contributed by atoms with Crippen LogP contribution in [0.1, 0.15) is 26.5 Å². The predicted octanol–water partition coefficient (Wildman–Crippen LogP) is 3.64. The molecule has 0 saturated heterocycles. The van der Waals surface area contributed by atoms with Crippen molar-refractivity contribution in [1.82, 2.24) is 10.9 Å². The van der Waals surface area contributed by atoms with E-state index in [1.807, 2.05) is 12.1 Å². The second-order valence-electron chi connectivity index (χ2n) is 7.30. The summed E-state index contributed by atoms with van der Waals surface area (Å²) in [6.07, 6.45) is 0. The molecule has 4 aromatic rings. The summed E-state index contributed by atoms with van der Waals surface area (Å²) < 4.78 is 32.7. The summed E-state index contributed by atoms with van der Waals surface area (Å²) in [6.45, 7) is 1.75. The molecule has 1 aromatic heterocycles. The maximum atomic E-state index is 13.0. The molecule has 1 heterocycles. The Hall–Kier alpha value is -4.11. The second kappa shape index (κ2) is 8.79. The Labute approximate surface area is 190 Å². The molecule has 0 unspecified atom stereocenters. The van der Waals surface area contributed by atoms with Gasteiger partial charge in [0.05, 0.1) is 10.6 Å². The fraction of sp³-hybridized carbons (Fsp3) is 0.0833. The van der Waals surface area contributed by atoms with Crippen molar-refractivity contribution >= 4 is 38.5 Å². The van der Waals surface area contributed by atoms with Crippen molar-refractivity contribution in [2.24, 2.45) is 0 Å². The summed E-state index contributed by atoms with van der Waals surface area (Å²) in [5, 5.41) is 0.800. The first-order valence-corrected chi connectivity index (χ1v) is 11.5. The van der Waals surface area contributed by atoms with E-state index in [-0.39, 0.29) is 16.2 Å². The highest BCUT2D eigenvalue weighted by Crippen LogP contribution is 2.25. The number of sulfonamides is 1. The number of hydrogen-bond acceptors (Lipinski definition) is 5. The lowest BCUT2D eigenvalue weighted by atomic mass is 10.1. The Bertz CT molecular complexity index is 1450. The van der Waals surface area contributed by atoms with Crippen LogP contribution in [-0.2, 0) is 10.0 Å². The van der Waals surface area contributed by atoms with Gasteiger partial charge in [0.1, 0.15) is 5.58 Å². The fourth-order valence-corrected chi connectivity index (χ4v) is 4.61. The molecule has 0 bridgehead atoms. The molecular weight excluding hydrogens is 442 g/mol. The van der Waals surface area contributed by atoms with Gasteiger partial charge in [0.2, 0.25) is 0 Å². The number of para-hydroxylation sites is 2. The van der Waals surface area contributed by atoms with E-state index in [0.717, 1.165) is 9.69 Å². The summed E-state index contributed by atoms with van der Waals surface area (Å²) in [7, 11) is -2.45. The van der Waals surface area contributed by atoms with Gasteiger partial charge in [0.25, 0.3) is 15.9 Å². The summed E-state index contributed by atoms with van der Waals surface area (Å²) in [6, 6.07) is 21.4. The first kappa shape index (κ1) is 22.1. The second-order valence-corrected chi connectivity index (χ2v) is 9.27. The molecule has 8 nitrogen and oxygen atoms in total. The van der Waals surface area contributed by atoms with E-state index >= 15 is 0 Å². The first-order valence-electron chi connectivity index (χ1n) is 10.0. The molecule has 0 spiro atoms. The van der Waals surface area contributed by atoms with E-state index in [9.17, 15) is 18.0 Å². The maximum Gasteiger partial charge on any atom is 0.305 e. The third kappa shape index (κ3) is 4.31. The van der Waals surface area contributed by atoms with Crippen molar-refractivity contribution < 1.29 is 22.4 Å². The molecule has 0 radical (unpaired) electrons. The monoisotopic (exact) mass is 463 g/mol. The Kier molecular flexibility index (Phi) is 5.89. The van der Waals surface area contributed by atoms with Gasteiger partial charge in [-0.3, -0.25) is 24.7 Å². The van der Waals surface area contributed by atoms with E-state index in [4.69, 9.17) is 4.42 Å². The summed E-state index contributed by atoms with van der Waals surface area (Å²) in [4.78, 5) is 25.1. The summed E-state index contributed by atoms with van der Waals surface area (Å²) in [5.74, 6) is -1.21. The van der Waals surface area contributed by atoms with Crippen LogP contribution in [0.4, 0.5) is 5.69 Å². The molecule has 3 aromatic carbocycles. The number of hydrogen-bond donors (Lipinski definition) is 2. The van der Waals surface area contributed by atoms with E-state index in [1.54, 1.807) is 49.4 Å². The number of nitrogens with zero attached hydrogens (tertiary/aromatic N) is 1. The van der Waals surface area contributed by atoms with Gasteiger partial charge < -0.3 is 4.42 Å². The highest BCUT2D eigenvalue weighted by molar-refractivity contribution is 7.92. The molecule has 0 aliphatic carbocycles. The lowest BCUT2D eigenvalue weighted by Crippen LogP contribution is -2.41. The molecular formula is C24H21N3O5S. The minimum Gasteiger partial charge on any atom is -0.451 e. The molecule has 0 saturated carbocycles. The van der Waals surface area contributed by atoms with Gasteiger partial charge in [-0.05, 0) is 43.3 Å². The highest BCUT2D eigenvalue weighted by Gasteiger charge is 2.23. The zero-order valence-electron chi connectivity index (χ0n) is 17.9. The Balaban J connectivity index is 1.49. The molecule has 2 N–H and O–H groups in total. The molecule has 33 heavy (non-hydrogen) atoms. The molecule has 4 rings (SSSR count). The maximum absolute atomic E-state index is 13.0. The molecule has 168 valence electrons. The number of furan rings is 1. The van der Waals surface area contributed by atoms with Crippen LogP contribution in [-0.4, -0.2) is 27.3 Å². The molecule has 0 aliphatic rings. The number of rotatable bonds is 5. The predicted molar refractivity (Wildman–Crippen MR) is 124 cm³/mol. The number of carbonyl (C=O) groups excluding carboxylic acids is 2. The van der Waals surface area contributed by atoms with E-state index < -0.39 is 21.8 Å². The highest BCUT2D eigenvalue weighted by atomic mass is 32.2. The Morgan fingerprint density at radius 1 is 0.848 bits per heavy atom. The van der Waals surface area contributed by atoms with Crippen molar-refractivity contribution in [1.29, 1.82) is 0 Å². The van der Waals surface area contributed by atoms with Crippen LogP contribution >= 0.6 is 0 Å². The van der Waals surface area contributed by atoms with Crippen LogP contribution in [0.2, 0.25) is 0 Å². The number of hydrazine groups is 1. The minimum atomic E-state index is -3.89. The smallest absolute Gasteiger partial charge is 0.305 e. The summed E-state index contributed by atoms with van der Waals surface area (Å²) in [5.41, 5.74) is 6.38. The van der Waals surface area contributed by atoms with E-state index in [2.05, 4.69) is 10.9 Å². The third-order valence-corrected chi connectivity index (χ3v) is 7.00. The van der Waals surface area contributed by atoms with Crippen molar-refractivity contribution in [3.8, 4) is 0 Å². The van der Waals surface area contributed by atoms with E-state index in [0.29, 0.717) is 16.8 Å². The van der Waals surface area contributed by atoms with Crippen molar-refractivity contribution in [3.63, 3.8) is 0 Å². The average molecular weight is 464 g/mol. The van der Waals surface area contributed by atoms with Gasteiger partial charge >= 0.3 is 5.91 Å². The van der Waals surface area contributed by atoms with Gasteiger partial charge in [0.15, 0.2) is 5.76 Å². The van der Waals surface area contributed by atoms with Crippen molar-refractivity contribution in [2.45, 2.75) is 11.8 Å². The number of benzene rings is 3. The standard InChI is InChI=1S/C24H21N3O5S/c1-16-20-13-6-7-14-21(20)32-22(16)24(29)26-25-23(28)17-9-8-12-19(15-17)33(30,31)27(2)18-10-4-3-5-11-18/h3-15H,1-2H3,(H,25,28)(H,26,29). The Morgan fingerprint density at radius 3 is 2.24 bits per heavy atom. The molecule has 2 amide bonds. The lowest BCUT2D eigenvalue weighted by molar-refractivity contribution is 0.0831. The van der Waals surface area contributed by atoms with Crippen LogP contribution in [0.15, 0.2) is 88.2 Å². The van der Waals surface area contributed by atoms with Crippen LogP contribution < -0.4 is 15.2 Å². The van der Waals surface area contributed by atoms with Crippen molar-refractivity contribution in [3.05, 3.63) is 95.7 Å². The van der Waals surface area contributed by atoms with Crippen LogP contribution in [0.25, 0.3) is 11.0 Å². The first-order chi connectivity index (χ1) is 15.8. The number of amides is 2. The minimum absolute atomic E-state index is 0.0547. The van der Waals surface area contributed by atoms with Crippen LogP contribution in [0, 0.1) is 6.92 Å². The number of aryl methyl sites for hydroxylation is 1. The van der Waals surface area contributed by atoms with Gasteiger partial charge in [-0.2, -0.15) is 0 Å². The van der Waals surface area contributed by atoms with Gasteiger partial charge in [-0.25, -0.2) is 8.42 Å². The largest absolute Gasteiger partial charge is 0.451 e. The molecule has 0 atom stereocenters. The van der Waals surface area contributed by atoms with E-state index in [1.165, 1.54) is 31.3 Å². The average Bonchev–Trinajstić information content (AvgIpc) is 3.19. The van der Waals surface area contributed by atoms with Gasteiger partial charge in [-0.1, -0.05) is 42.5 Å². The molecule has 9 heteroatoms. The third-order valence-electron chi connectivity index (χ3n) is 5.21. The fourth-order valence-electron chi connectivity index (χ4n) is 3.37. The Morgan fingerprint density at radius 2 is 1.52 bits per heavy atom. The van der Waals surface area contributed by atoms with Crippen LogP contribution in [0.3, 0.4) is 0 Å². The quantitative estimate of drug-likeness (QED) is 0.439. The summed E-state index contributed by atoms with van der Waals surface area (Å²) >= 11 is 0. The molecule has 0 fully saturated rings. The number of anilines is 1. The van der Waals surface area contributed by atoms with Gasteiger partial charge in [-0.15, -0.1) is 0 Å². The van der Waals surface area contributed by atoms with Crippen LogP contribution in [0.5, 0.6) is 0 Å². The zero-order valence-corrected chi connectivity index (χ0v) is 18.7. The lowest BCUT2D eigenvalue weighted by Gasteiger charge is -2.19. The normalized spacial score (nSPS) is 11.2. The SMILES string of the molecule is Cc1c(C(=O)NNC(=O)c2cccc(S(=O)(=O)N(C)c3ccccc3)c2)oc2ccccc12. The number of carbonyl (C=O) groups is 2. The number of fused-ring (bicyclic) bond motifs is 1. The number of nitrogens with one attached hydrogen (secondary N) is 2. The van der Waals surface area contributed by atoms with Crippen molar-refractivity contribution in [2.75, 3.05) is 11.4 Å². The zero-order chi connectivity index (χ0) is 23.6. The van der Waals surface area contributed by atoms with Gasteiger partial charge in [0, 0.05) is 23.6 Å².